The molecule has 12 heteroatoms. The highest BCUT2D eigenvalue weighted by Crippen LogP contribution is 2.34. The number of rotatable bonds is 2. The molecule has 34 heavy (non-hydrogen) atoms. The molecule has 0 atom stereocenters. The topological polar surface area (TPSA) is 123 Å². The Kier molecular flexibility index (Phi) is 6.11. The molecule has 8 nitrogen and oxygen atoms in total. The van der Waals surface area contributed by atoms with E-state index in [9.17, 15) is 10.2 Å². The Bertz CT molecular complexity index is 1520. The molecule has 0 aromatic carbocycles. The molecule has 6 heterocycles. The third kappa shape index (κ3) is 4.56. The van der Waals surface area contributed by atoms with Gasteiger partial charge in [-0.2, -0.15) is 0 Å². The number of aliphatic imine (C=N–C) groups is 2. The van der Waals surface area contributed by atoms with Crippen LogP contribution in [0.4, 0.5) is 11.6 Å². The SMILES string of the molecule is Oc1[nH]c(=S)sc1C=C1C=Nc2ncccc21.Oc1[nH]c(=S)sc1C=C1C=Nc2ncccc21. The van der Waals surface area contributed by atoms with Crippen molar-refractivity contribution in [3.8, 4) is 11.8 Å². The molecule has 0 saturated heterocycles. The number of hydrogen-bond donors (Lipinski definition) is 4. The van der Waals surface area contributed by atoms with E-state index in [0.29, 0.717) is 29.3 Å². The van der Waals surface area contributed by atoms with Crippen molar-refractivity contribution >= 4 is 94.5 Å². The van der Waals surface area contributed by atoms with Gasteiger partial charge in [0.15, 0.2) is 19.5 Å². The van der Waals surface area contributed by atoms with Gasteiger partial charge in [-0.25, -0.2) is 20.0 Å². The smallest absolute Gasteiger partial charge is 0.207 e. The van der Waals surface area contributed by atoms with E-state index in [1.807, 2.05) is 36.4 Å². The van der Waals surface area contributed by atoms with E-state index in [4.69, 9.17) is 24.4 Å². The second-order valence-electron chi connectivity index (χ2n) is 6.92. The lowest BCUT2D eigenvalue weighted by atomic mass is 10.1. The summed E-state index contributed by atoms with van der Waals surface area (Å²) in [4.78, 5) is 23.5. The van der Waals surface area contributed by atoms with Gasteiger partial charge in [-0.15, -0.1) is 22.7 Å². The third-order valence-corrected chi connectivity index (χ3v) is 7.07. The van der Waals surface area contributed by atoms with Crippen LogP contribution < -0.4 is 0 Å². The summed E-state index contributed by atoms with van der Waals surface area (Å²) in [7, 11) is 0. The summed E-state index contributed by atoms with van der Waals surface area (Å²) in [6, 6.07) is 7.62. The molecule has 0 radical (unpaired) electrons. The summed E-state index contributed by atoms with van der Waals surface area (Å²) < 4.78 is 1.10. The Morgan fingerprint density at radius 3 is 1.56 bits per heavy atom. The first-order valence-electron chi connectivity index (χ1n) is 9.74. The summed E-state index contributed by atoms with van der Waals surface area (Å²) in [6.45, 7) is 0. The molecule has 0 fully saturated rings. The molecule has 4 N–H and O–H groups in total. The van der Waals surface area contributed by atoms with E-state index in [-0.39, 0.29) is 11.8 Å². The maximum atomic E-state index is 9.62. The van der Waals surface area contributed by atoms with Crippen LogP contribution >= 0.6 is 47.1 Å². The fourth-order valence-corrected chi connectivity index (χ4v) is 5.32. The Hall–Kier alpha value is -3.58. The van der Waals surface area contributed by atoms with Crippen molar-refractivity contribution < 1.29 is 10.2 Å². The number of nitrogens with zero attached hydrogens (tertiary/aromatic N) is 4. The minimum atomic E-state index is 0.0956. The van der Waals surface area contributed by atoms with Crippen LogP contribution in [-0.4, -0.2) is 42.6 Å². The quantitative estimate of drug-likeness (QED) is 0.228. The number of hydrogen-bond acceptors (Lipinski definition) is 10. The third-order valence-electron chi connectivity index (χ3n) is 4.73. The maximum Gasteiger partial charge on any atom is 0.207 e. The summed E-state index contributed by atoms with van der Waals surface area (Å²) in [5.74, 6) is 1.60. The maximum absolute atomic E-state index is 9.62. The van der Waals surface area contributed by atoms with Crippen LogP contribution in [-0.2, 0) is 0 Å². The van der Waals surface area contributed by atoms with Crippen molar-refractivity contribution in [2.45, 2.75) is 0 Å². The van der Waals surface area contributed by atoms with Crippen LogP contribution in [0, 0.1) is 7.91 Å². The van der Waals surface area contributed by atoms with Gasteiger partial charge in [0.1, 0.15) is 0 Å². The largest absolute Gasteiger partial charge is 0.494 e. The monoisotopic (exact) mass is 522 g/mol. The van der Waals surface area contributed by atoms with Crippen molar-refractivity contribution in [2.24, 2.45) is 9.98 Å². The number of nitrogens with one attached hydrogen (secondary N) is 2. The number of allylic oxidation sites excluding steroid dienone is 2. The van der Waals surface area contributed by atoms with E-state index in [1.165, 1.54) is 22.7 Å². The van der Waals surface area contributed by atoms with Crippen molar-refractivity contribution in [1.82, 2.24) is 19.9 Å². The number of aromatic nitrogens is 4. The average molecular weight is 523 g/mol. The number of thiazole rings is 2. The first kappa shape index (κ1) is 22.2. The van der Waals surface area contributed by atoms with Gasteiger partial charge in [0.2, 0.25) is 11.8 Å². The van der Waals surface area contributed by atoms with E-state index in [1.54, 1.807) is 24.8 Å². The highest BCUT2D eigenvalue weighted by atomic mass is 32.2. The normalized spacial score (nSPS) is 15.4. The van der Waals surface area contributed by atoms with E-state index in [0.717, 1.165) is 22.3 Å². The molecule has 0 bridgehead atoms. The molecule has 0 amide bonds. The zero-order valence-corrected chi connectivity index (χ0v) is 20.4. The zero-order valence-electron chi connectivity index (χ0n) is 17.1. The summed E-state index contributed by atoms with van der Waals surface area (Å²) in [5, 5.41) is 19.2. The highest BCUT2D eigenvalue weighted by Gasteiger charge is 2.15. The van der Waals surface area contributed by atoms with Crippen molar-refractivity contribution in [2.75, 3.05) is 0 Å². The average Bonchev–Trinajstić information content (AvgIpc) is 3.57. The number of pyridine rings is 2. The van der Waals surface area contributed by atoms with Gasteiger partial charge in [-0.3, -0.25) is 0 Å². The van der Waals surface area contributed by atoms with Crippen LogP contribution in [0.3, 0.4) is 0 Å². The van der Waals surface area contributed by atoms with Crippen molar-refractivity contribution in [1.29, 1.82) is 0 Å². The lowest BCUT2D eigenvalue weighted by Gasteiger charge is -1.96. The molecule has 0 saturated carbocycles. The second kappa shape index (κ2) is 9.35. The van der Waals surface area contributed by atoms with Crippen molar-refractivity contribution in [3.63, 3.8) is 0 Å². The first-order valence-corrected chi connectivity index (χ1v) is 12.2. The summed E-state index contributed by atoms with van der Waals surface area (Å²) in [6.07, 6.45) is 10.6. The van der Waals surface area contributed by atoms with Gasteiger partial charge in [-0.05, 0) is 60.9 Å². The fraction of sp³-hybridized carbons (Fsp3) is 0. The van der Waals surface area contributed by atoms with E-state index >= 15 is 0 Å². The molecule has 0 unspecified atom stereocenters. The van der Waals surface area contributed by atoms with Gasteiger partial charge in [0, 0.05) is 47.1 Å². The van der Waals surface area contributed by atoms with Crippen LogP contribution in [0.25, 0.3) is 23.3 Å². The lowest BCUT2D eigenvalue weighted by Crippen LogP contribution is -1.80. The van der Waals surface area contributed by atoms with Crippen molar-refractivity contribution in [3.05, 3.63) is 65.4 Å². The van der Waals surface area contributed by atoms with E-state index in [2.05, 4.69) is 29.9 Å². The van der Waals surface area contributed by atoms with Gasteiger partial charge in [-0.1, -0.05) is 0 Å². The van der Waals surface area contributed by atoms with Crippen LogP contribution in [0.1, 0.15) is 20.9 Å². The lowest BCUT2D eigenvalue weighted by molar-refractivity contribution is 0.455. The molecule has 168 valence electrons. The van der Waals surface area contributed by atoms with Gasteiger partial charge >= 0.3 is 0 Å². The number of aromatic hydroxyl groups is 2. The van der Waals surface area contributed by atoms with Crippen LogP contribution in [0.5, 0.6) is 11.8 Å². The molecular weight excluding hydrogens is 509 g/mol. The minimum Gasteiger partial charge on any atom is -0.494 e. The van der Waals surface area contributed by atoms with Crippen LogP contribution in [0.2, 0.25) is 0 Å². The van der Waals surface area contributed by atoms with Gasteiger partial charge in [0.25, 0.3) is 0 Å². The molecule has 0 aliphatic carbocycles. The molecule has 4 aromatic rings. The van der Waals surface area contributed by atoms with Gasteiger partial charge < -0.3 is 20.2 Å². The molecule has 2 aliphatic heterocycles. The zero-order chi connectivity index (χ0) is 23.7. The summed E-state index contributed by atoms with van der Waals surface area (Å²) in [5.41, 5.74) is 3.78. The Balaban J connectivity index is 0.000000142. The standard InChI is InChI=1S/2C11H7N3OS2/c2*15-10-8(17-11(16)14-10)4-6-5-13-9-7(6)2-1-3-12-9/h2*1-5,15H,(H,14,16). The fourth-order valence-electron chi connectivity index (χ4n) is 3.22. The first-order chi connectivity index (χ1) is 16.5. The number of fused-ring (bicyclic) bond motifs is 2. The Labute approximate surface area is 211 Å². The molecule has 6 rings (SSSR count). The molecular formula is C22H14N6O2S4. The highest BCUT2D eigenvalue weighted by molar-refractivity contribution is 7.73. The Morgan fingerprint density at radius 1 is 0.735 bits per heavy atom. The molecule has 2 aliphatic rings. The predicted molar refractivity (Wildman–Crippen MR) is 143 cm³/mol. The van der Waals surface area contributed by atoms with E-state index < -0.39 is 0 Å². The minimum absolute atomic E-state index is 0.0956. The Morgan fingerprint density at radius 2 is 1.18 bits per heavy atom. The summed E-state index contributed by atoms with van der Waals surface area (Å²) >= 11 is 12.6. The predicted octanol–water partition coefficient (Wildman–Crippen LogP) is 6.33. The number of aromatic amines is 2. The molecule has 4 aromatic heterocycles. The molecule has 0 spiro atoms. The van der Waals surface area contributed by atoms with Gasteiger partial charge in [0.05, 0.1) is 9.75 Å². The second-order valence-corrected chi connectivity index (χ2v) is 10.4. The number of H-pyrrole nitrogens is 2. The van der Waals surface area contributed by atoms with Crippen LogP contribution in [0.15, 0.2) is 46.6 Å².